The summed E-state index contributed by atoms with van der Waals surface area (Å²) < 4.78 is 63.6. The molecule has 0 heterocycles. The van der Waals surface area contributed by atoms with Gasteiger partial charge in [-0.25, -0.2) is 25.9 Å². The van der Waals surface area contributed by atoms with Gasteiger partial charge in [-0.3, -0.25) is 9.52 Å². The number of halogens is 1. The zero-order valence-corrected chi connectivity index (χ0v) is 13.2. The Labute approximate surface area is 127 Å². The zero-order chi connectivity index (χ0) is 17.0. The number of hydrogen-bond acceptors (Lipinski definition) is 5. The number of rotatable bonds is 8. The van der Waals surface area contributed by atoms with E-state index in [1.807, 2.05) is 4.72 Å². The van der Waals surface area contributed by atoms with Crippen molar-refractivity contribution in [2.75, 3.05) is 17.5 Å². The molecular formula is C11H15FN2O6S2. The van der Waals surface area contributed by atoms with Crippen molar-refractivity contribution in [1.29, 1.82) is 0 Å². The van der Waals surface area contributed by atoms with Gasteiger partial charge in [0.15, 0.2) is 0 Å². The zero-order valence-electron chi connectivity index (χ0n) is 11.5. The van der Waals surface area contributed by atoms with Gasteiger partial charge in [-0.05, 0) is 24.6 Å². The van der Waals surface area contributed by atoms with Crippen LogP contribution in [0.15, 0.2) is 23.1 Å². The highest BCUT2D eigenvalue weighted by Crippen LogP contribution is 2.19. The summed E-state index contributed by atoms with van der Waals surface area (Å²) in [6.07, 6.45) is 0.714. The molecule has 3 N–H and O–H groups in total. The molecule has 1 aromatic rings. The van der Waals surface area contributed by atoms with Gasteiger partial charge >= 0.3 is 5.97 Å². The van der Waals surface area contributed by atoms with Gasteiger partial charge in [0, 0.05) is 13.0 Å². The Bertz CT molecular complexity index is 761. The van der Waals surface area contributed by atoms with E-state index < -0.39 is 36.7 Å². The molecule has 0 bridgehead atoms. The van der Waals surface area contributed by atoms with Crippen LogP contribution < -0.4 is 9.44 Å². The van der Waals surface area contributed by atoms with Crippen molar-refractivity contribution in [2.24, 2.45) is 0 Å². The SMILES string of the molecule is CS(=O)(=O)Nc1ccc(S(=O)(=O)NCCCC(=O)O)c(F)c1. The summed E-state index contributed by atoms with van der Waals surface area (Å²) in [5.74, 6) is -2.19. The lowest BCUT2D eigenvalue weighted by atomic mass is 10.3. The predicted molar refractivity (Wildman–Crippen MR) is 76.9 cm³/mol. The number of carbonyl (C=O) groups is 1. The number of aliphatic carboxylic acids is 1. The molecule has 0 amide bonds. The third kappa shape index (κ3) is 5.95. The fraction of sp³-hybridized carbons (Fsp3) is 0.364. The van der Waals surface area contributed by atoms with Crippen molar-refractivity contribution in [2.45, 2.75) is 17.7 Å². The van der Waals surface area contributed by atoms with Crippen LogP contribution in [0.25, 0.3) is 0 Å². The van der Waals surface area contributed by atoms with Crippen molar-refractivity contribution < 1.29 is 31.1 Å². The minimum absolute atomic E-state index is 0.0594. The fourth-order valence-corrected chi connectivity index (χ4v) is 3.21. The minimum Gasteiger partial charge on any atom is -0.481 e. The maximum absolute atomic E-state index is 13.8. The fourth-order valence-electron chi connectivity index (χ4n) is 1.52. The van der Waals surface area contributed by atoms with Gasteiger partial charge in [0.05, 0.1) is 11.9 Å². The minimum atomic E-state index is -4.14. The van der Waals surface area contributed by atoms with Gasteiger partial charge in [-0.15, -0.1) is 0 Å². The van der Waals surface area contributed by atoms with Crippen LogP contribution in [0.5, 0.6) is 0 Å². The summed E-state index contributed by atoms with van der Waals surface area (Å²) in [7, 11) is -7.75. The lowest BCUT2D eigenvalue weighted by Gasteiger charge is -2.09. The van der Waals surface area contributed by atoms with E-state index in [-0.39, 0.29) is 25.1 Å². The molecule has 0 fully saturated rings. The van der Waals surface area contributed by atoms with Gasteiger partial charge < -0.3 is 5.11 Å². The molecular weight excluding hydrogens is 339 g/mol. The Kier molecular flexibility index (Phi) is 5.85. The van der Waals surface area contributed by atoms with Gasteiger partial charge in [-0.1, -0.05) is 0 Å². The first kappa shape index (κ1) is 18.3. The second kappa shape index (κ2) is 7.03. The van der Waals surface area contributed by atoms with Crippen LogP contribution in [-0.2, 0) is 24.8 Å². The number of anilines is 1. The molecule has 11 heteroatoms. The highest BCUT2D eigenvalue weighted by molar-refractivity contribution is 7.92. The molecule has 0 saturated heterocycles. The molecule has 1 rings (SSSR count). The lowest BCUT2D eigenvalue weighted by molar-refractivity contribution is -0.137. The van der Waals surface area contributed by atoms with Crippen LogP contribution in [-0.4, -0.2) is 40.7 Å². The van der Waals surface area contributed by atoms with E-state index in [9.17, 15) is 26.0 Å². The Balaban J connectivity index is 2.85. The molecule has 0 saturated carbocycles. The summed E-state index contributed by atoms with van der Waals surface area (Å²) in [4.78, 5) is 9.66. The molecule has 8 nitrogen and oxygen atoms in total. The number of hydrogen-bond donors (Lipinski definition) is 3. The van der Waals surface area contributed by atoms with E-state index >= 15 is 0 Å². The largest absolute Gasteiger partial charge is 0.481 e. The standard InChI is InChI=1S/C11H15FN2O6S2/c1-21(17,18)14-8-4-5-10(9(12)7-8)22(19,20)13-6-2-3-11(15)16/h4-5,7,13-14H,2-3,6H2,1H3,(H,15,16). The normalized spacial score (nSPS) is 12.1. The predicted octanol–water partition coefficient (Wildman–Crippen LogP) is 0.340. The van der Waals surface area contributed by atoms with Crippen LogP contribution in [0.1, 0.15) is 12.8 Å². The molecule has 124 valence electrons. The van der Waals surface area contributed by atoms with Crippen LogP contribution in [0.4, 0.5) is 10.1 Å². The number of benzene rings is 1. The van der Waals surface area contributed by atoms with Crippen LogP contribution in [0.2, 0.25) is 0 Å². The smallest absolute Gasteiger partial charge is 0.303 e. The molecule has 0 aliphatic heterocycles. The maximum atomic E-state index is 13.8. The first-order valence-electron chi connectivity index (χ1n) is 6.00. The van der Waals surface area contributed by atoms with Gasteiger partial charge in [0.1, 0.15) is 10.7 Å². The highest BCUT2D eigenvalue weighted by atomic mass is 32.2. The quantitative estimate of drug-likeness (QED) is 0.577. The van der Waals surface area contributed by atoms with E-state index in [0.717, 1.165) is 24.5 Å². The van der Waals surface area contributed by atoms with E-state index in [4.69, 9.17) is 5.11 Å². The summed E-state index contributed by atoms with van der Waals surface area (Å²) >= 11 is 0. The van der Waals surface area contributed by atoms with E-state index in [0.29, 0.717) is 0 Å². The average Bonchev–Trinajstić information content (AvgIpc) is 2.32. The second-order valence-corrected chi connectivity index (χ2v) is 7.90. The van der Waals surface area contributed by atoms with Crippen LogP contribution in [0.3, 0.4) is 0 Å². The second-order valence-electron chi connectivity index (χ2n) is 4.41. The summed E-state index contributed by atoms with van der Waals surface area (Å²) in [6.45, 7) is -0.155. The summed E-state index contributed by atoms with van der Waals surface area (Å²) in [5.41, 5.74) is -0.107. The van der Waals surface area contributed by atoms with Crippen molar-refractivity contribution in [3.63, 3.8) is 0 Å². The highest BCUT2D eigenvalue weighted by Gasteiger charge is 2.19. The molecule has 0 unspecified atom stereocenters. The number of carboxylic acid groups (broad SMARTS) is 1. The number of nitrogens with one attached hydrogen (secondary N) is 2. The first-order valence-corrected chi connectivity index (χ1v) is 9.37. The van der Waals surface area contributed by atoms with Crippen molar-refractivity contribution >= 4 is 31.7 Å². The van der Waals surface area contributed by atoms with Crippen molar-refractivity contribution in [1.82, 2.24) is 4.72 Å². The Morgan fingerprint density at radius 3 is 2.41 bits per heavy atom. The van der Waals surface area contributed by atoms with Gasteiger partial charge in [0.2, 0.25) is 20.0 Å². The van der Waals surface area contributed by atoms with Crippen molar-refractivity contribution in [3.05, 3.63) is 24.0 Å². The van der Waals surface area contributed by atoms with E-state index in [1.54, 1.807) is 0 Å². The Morgan fingerprint density at radius 1 is 1.27 bits per heavy atom. The Morgan fingerprint density at radius 2 is 1.91 bits per heavy atom. The topological polar surface area (TPSA) is 130 Å². The average molecular weight is 354 g/mol. The van der Waals surface area contributed by atoms with E-state index in [2.05, 4.69) is 4.72 Å². The molecule has 0 aliphatic rings. The number of sulfonamides is 2. The third-order valence-corrected chi connectivity index (χ3v) is 4.48. The Hall–Kier alpha value is -1.72. The monoisotopic (exact) mass is 354 g/mol. The maximum Gasteiger partial charge on any atom is 0.303 e. The summed E-state index contributed by atoms with van der Waals surface area (Å²) in [5, 5.41) is 8.43. The van der Waals surface area contributed by atoms with Crippen LogP contribution in [0, 0.1) is 5.82 Å². The molecule has 0 spiro atoms. The first-order chi connectivity index (χ1) is 10.0. The molecule has 0 aliphatic carbocycles. The third-order valence-electron chi connectivity index (χ3n) is 2.38. The molecule has 0 radical (unpaired) electrons. The van der Waals surface area contributed by atoms with Gasteiger partial charge in [0.25, 0.3) is 0 Å². The lowest BCUT2D eigenvalue weighted by Crippen LogP contribution is -2.26. The molecule has 22 heavy (non-hydrogen) atoms. The molecule has 1 aromatic carbocycles. The summed E-state index contributed by atoms with van der Waals surface area (Å²) in [6, 6.07) is 2.77. The van der Waals surface area contributed by atoms with Gasteiger partial charge in [-0.2, -0.15) is 0 Å². The van der Waals surface area contributed by atoms with Crippen LogP contribution >= 0.6 is 0 Å². The number of carboxylic acids is 1. The molecule has 0 atom stereocenters. The van der Waals surface area contributed by atoms with E-state index in [1.165, 1.54) is 0 Å². The van der Waals surface area contributed by atoms with Crippen molar-refractivity contribution in [3.8, 4) is 0 Å². The molecule has 0 aromatic heterocycles.